The van der Waals surface area contributed by atoms with E-state index >= 15 is 0 Å². The molecule has 5 nitrogen and oxygen atoms in total. The van der Waals surface area contributed by atoms with Gasteiger partial charge in [-0.05, 0) is 36.6 Å². The Labute approximate surface area is 123 Å². The summed E-state index contributed by atoms with van der Waals surface area (Å²) >= 11 is 0. The highest BCUT2D eigenvalue weighted by molar-refractivity contribution is 5.98. The number of nitrogens with one attached hydrogen (secondary N) is 2. The van der Waals surface area contributed by atoms with Crippen LogP contribution in [0.2, 0.25) is 0 Å². The van der Waals surface area contributed by atoms with Crippen molar-refractivity contribution in [1.82, 2.24) is 5.32 Å². The van der Waals surface area contributed by atoms with Crippen LogP contribution in [-0.2, 0) is 11.2 Å². The summed E-state index contributed by atoms with van der Waals surface area (Å²) in [6.07, 6.45) is 2.24. The summed E-state index contributed by atoms with van der Waals surface area (Å²) in [5.74, 6) is -0.484. The van der Waals surface area contributed by atoms with Crippen LogP contribution >= 0.6 is 0 Å². The second kappa shape index (κ2) is 6.74. The van der Waals surface area contributed by atoms with Crippen LogP contribution in [0.15, 0.2) is 41.0 Å². The minimum Gasteiger partial charge on any atom is -0.459 e. The predicted octanol–water partition coefficient (Wildman–Crippen LogP) is 2.52. The van der Waals surface area contributed by atoms with Crippen LogP contribution in [0, 0.1) is 6.92 Å². The number of para-hydroxylation sites is 1. The molecule has 0 aliphatic heterocycles. The topological polar surface area (TPSA) is 71.3 Å². The summed E-state index contributed by atoms with van der Waals surface area (Å²) in [5, 5.41) is 5.36. The molecule has 21 heavy (non-hydrogen) atoms. The van der Waals surface area contributed by atoms with E-state index in [4.69, 9.17) is 4.42 Å². The molecule has 2 aromatic rings. The number of amides is 2. The summed E-state index contributed by atoms with van der Waals surface area (Å²) in [5.41, 5.74) is 2.89. The molecule has 0 atom stereocenters. The lowest BCUT2D eigenvalue weighted by atomic mass is 10.1. The smallest absolute Gasteiger partial charge is 0.287 e. The fourth-order valence-corrected chi connectivity index (χ4v) is 2.04. The third-order valence-electron chi connectivity index (χ3n) is 3.16. The normalized spacial score (nSPS) is 10.2. The summed E-state index contributed by atoms with van der Waals surface area (Å²) in [7, 11) is 0. The number of carbonyl (C=O) groups is 2. The van der Waals surface area contributed by atoms with Crippen molar-refractivity contribution in [3.8, 4) is 0 Å². The third-order valence-corrected chi connectivity index (χ3v) is 3.16. The van der Waals surface area contributed by atoms with Gasteiger partial charge in [0.2, 0.25) is 5.91 Å². The molecule has 2 rings (SSSR count). The van der Waals surface area contributed by atoms with E-state index in [-0.39, 0.29) is 18.2 Å². The maximum Gasteiger partial charge on any atom is 0.287 e. The molecule has 110 valence electrons. The summed E-state index contributed by atoms with van der Waals surface area (Å²) < 4.78 is 4.96. The van der Waals surface area contributed by atoms with E-state index in [2.05, 4.69) is 10.6 Å². The number of anilines is 1. The van der Waals surface area contributed by atoms with E-state index in [0.717, 1.165) is 23.2 Å². The Hall–Kier alpha value is -2.56. The Balaban J connectivity index is 1.95. The molecule has 1 aromatic heterocycles. The van der Waals surface area contributed by atoms with Gasteiger partial charge in [0.1, 0.15) is 0 Å². The monoisotopic (exact) mass is 286 g/mol. The van der Waals surface area contributed by atoms with Gasteiger partial charge in [-0.2, -0.15) is 0 Å². The first-order valence-corrected chi connectivity index (χ1v) is 6.82. The summed E-state index contributed by atoms with van der Waals surface area (Å²) in [6.45, 7) is 3.87. The molecule has 0 saturated heterocycles. The highest BCUT2D eigenvalue weighted by Crippen LogP contribution is 2.20. The van der Waals surface area contributed by atoms with Gasteiger partial charge in [0.05, 0.1) is 12.8 Å². The molecule has 1 heterocycles. The van der Waals surface area contributed by atoms with Crippen molar-refractivity contribution in [1.29, 1.82) is 0 Å². The number of furan rings is 1. The van der Waals surface area contributed by atoms with E-state index < -0.39 is 5.91 Å². The molecule has 1 aromatic carbocycles. The fourth-order valence-electron chi connectivity index (χ4n) is 2.04. The number of aryl methyl sites for hydroxylation is 2. The van der Waals surface area contributed by atoms with E-state index in [1.807, 2.05) is 32.0 Å². The van der Waals surface area contributed by atoms with Crippen LogP contribution in [0.4, 0.5) is 5.69 Å². The number of hydrogen-bond acceptors (Lipinski definition) is 3. The molecule has 2 amide bonds. The predicted molar refractivity (Wildman–Crippen MR) is 80.2 cm³/mol. The Morgan fingerprint density at radius 3 is 2.67 bits per heavy atom. The largest absolute Gasteiger partial charge is 0.459 e. The molecule has 0 fully saturated rings. The quantitative estimate of drug-likeness (QED) is 0.887. The maximum atomic E-state index is 12.0. The molecule has 0 spiro atoms. The lowest BCUT2D eigenvalue weighted by Crippen LogP contribution is -2.33. The van der Waals surface area contributed by atoms with Crippen LogP contribution in [0.25, 0.3) is 0 Å². The van der Waals surface area contributed by atoms with Gasteiger partial charge in [0.25, 0.3) is 5.91 Å². The van der Waals surface area contributed by atoms with Crippen LogP contribution in [0.1, 0.15) is 28.6 Å². The van der Waals surface area contributed by atoms with Gasteiger partial charge in [-0.25, -0.2) is 0 Å². The van der Waals surface area contributed by atoms with Crippen LogP contribution < -0.4 is 10.6 Å². The molecular weight excluding hydrogens is 268 g/mol. The average molecular weight is 286 g/mol. The zero-order valence-corrected chi connectivity index (χ0v) is 12.1. The summed E-state index contributed by atoms with van der Waals surface area (Å²) in [6, 6.07) is 9.04. The van der Waals surface area contributed by atoms with Gasteiger partial charge >= 0.3 is 0 Å². The van der Waals surface area contributed by atoms with Crippen molar-refractivity contribution in [2.45, 2.75) is 20.3 Å². The first kappa shape index (κ1) is 14.8. The van der Waals surface area contributed by atoms with E-state index in [9.17, 15) is 9.59 Å². The first-order chi connectivity index (χ1) is 10.1. The third kappa shape index (κ3) is 3.72. The standard InChI is InChI=1S/C16H18N2O3/c1-3-12-7-4-6-11(2)15(12)18-14(19)10-17-16(20)13-8-5-9-21-13/h4-9H,3,10H2,1-2H3,(H,17,20)(H,18,19). The van der Waals surface area contributed by atoms with Crippen LogP contribution in [-0.4, -0.2) is 18.4 Å². The van der Waals surface area contributed by atoms with Crippen LogP contribution in [0.3, 0.4) is 0 Å². The average Bonchev–Trinajstić information content (AvgIpc) is 3.01. The number of carbonyl (C=O) groups excluding carboxylic acids is 2. The van der Waals surface area contributed by atoms with Gasteiger partial charge in [-0.15, -0.1) is 0 Å². The molecule has 0 aliphatic rings. The zero-order valence-electron chi connectivity index (χ0n) is 12.1. The first-order valence-electron chi connectivity index (χ1n) is 6.82. The molecule has 0 radical (unpaired) electrons. The molecule has 0 bridgehead atoms. The van der Waals surface area contributed by atoms with Gasteiger partial charge in [0.15, 0.2) is 5.76 Å². The van der Waals surface area contributed by atoms with Gasteiger partial charge in [0, 0.05) is 5.69 Å². The lowest BCUT2D eigenvalue weighted by Gasteiger charge is -2.13. The van der Waals surface area contributed by atoms with Crippen LogP contribution in [0.5, 0.6) is 0 Å². The molecule has 0 saturated carbocycles. The Kier molecular flexibility index (Phi) is 4.77. The lowest BCUT2D eigenvalue weighted by molar-refractivity contribution is -0.115. The number of benzene rings is 1. The molecule has 5 heteroatoms. The number of rotatable bonds is 5. The maximum absolute atomic E-state index is 12.0. The minimum atomic E-state index is -0.407. The number of hydrogen-bond donors (Lipinski definition) is 2. The van der Waals surface area contributed by atoms with Crippen molar-refractivity contribution in [2.75, 3.05) is 11.9 Å². The highest BCUT2D eigenvalue weighted by Gasteiger charge is 2.12. The van der Waals surface area contributed by atoms with E-state index in [1.54, 1.807) is 12.1 Å². The molecule has 0 aliphatic carbocycles. The van der Waals surface area contributed by atoms with Crippen molar-refractivity contribution in [3.63, 3.8) is 0 Å². The van der Waals surface area contributed by atoms with Crippen molar-refractivity contribution in [3.05, 3.63) is 53.5 Å². The van der Waals surface area contributed by atoms with Crippen molar-refractivity contribution >= 4 is 17.5 Å². The van der Waals surface area contributed by atoms with Crippen molar-refractivity contribution in [2.24, 2.45) is 0 Å². The van der Waals surface area contributed by atoms with E-state index in [1.165, 1.54) is 6.26 Å². The van der Waals surface area contributed by atoms with E-state index in [0.29, 0.717) is 0 Å². The highest BCUT2D eigenvalue weighted by atomic mass is 16.3. The van der Waals surface area contributed by atoms with Gasteiger partial charge in [-0.3, -0.25) is 9.59 Å². The Morgan fingerprint density at radius 1 is 1.19 bits per heavy atom. The summed E-state index contributed by atoms with van der Waals surface area (Å²) in [4.78, 5) is 23.6. The fraction of sp³-hybridized carbons (Fsp3) is 0.250. The van der Waals surface area contributed by atoms with Gasteiger partial charge in [-0.1, -0.05) is 25.1 Å². The second-order valence-electron chi connectivity index (χ2n) is 4.67. The molecular formula is C16H18N2O3. The zero-order chi connectivity index (χ0) is 15.2. The Bertz CT molecular complexity index is 633. The molecule has 0 unspecified atom stereocenters. The SMILES string of the molecule is CCc1cccc(C)c1NC(=O)CNC(=O)c1ccco1. The second-order valence-corrected chi connectivity index (χ2v) is 4.67. The van der Waals surface area contributed by atoms with Gasteiger partial charge < -0.3 is 15.1 Å². The Morgan fingerprint density at radius 2 is 2.00 bits per heavy atom. The van der Waals surface area contributed by atoms with Crippen molar-refractivity contribution < 1.29 is 14.0 Å². The molecule has 2 N–H and O–H groups in total. The minimum absolute atomic E-state index is 0.100.